The van der Waals surface area contributed by atoms with Gasteiger partial charge in [-0.15, -0.1) is 11.8 Å². The van der Waals surface area contributed by atoms with Crippen LogP contribution in [0, 0.1) is 0 Å². The predicted molar refractivity (Wildman–Crippen MR) is 42.8 cm³/mol. The summed E-state index contributed by atoms with van der Waals surface area (Å²) in [6.45, 7) is 0. The van der Waals surface area contributed by atoms with Crippen LogP contribution in [0.4, 0.5) is 0 Å². The van der Waals surface area contributed by atoms with E-state index in [2.05, 4.69) is 0 Å². The van der Waals surface area contributed by atoms with Gasteiger partial charge in [-0.05, 0) is 11.5 Å². The molecule has 0 unspecified atom stereocenters. The van der Waals surface area contributed by atoms with E-state index in [0.29, 0.717) is 10.7 Å². The van der Waals surface area contributed by atoms with Crippen molar-refractivity contribution in [3.05, 3.63) is 22.5 Å². The molecular weight excluding hydrogens is 170 g/mol. The Hall–Kier alpha value is -0.260. The fourth-order valence-corrected chi connectivity index (χ4v) is 2.23. The van der Waals surface area contributed by atoms with Crippen molar-refractivity contribution in [1.82, 2.24) is 0 Å². The number of allylic oxidation sites excluding steroid dienone is 2. The lowest BCUT2D eigenvalue weighted by Gasteiger charge is -2.03. The average Bonchev–Trinajstić information content (AvgIpc) is 1.88. The summed E-state index contributed by atoms with van der Waals surface area (Å²) in [7, 11) is -3.44. The van der Waals surface area contributed by atoms with Gasteiger partial charge in [0.05, 0.1) is 4.91 Å². The predicted octanol–water partition coefficient (Wildman–Crippen LogP) is 0.419. The highest BCUT2D eigenvalue weighted by atomic mass is 32.2. The molecule has 10 heavy (non-hydrogen) atoms. The summed E-state index contributed by atoms with van der Waals surface area (Å²) >= 11 is 1.42. The molecule has 0 aliphatic carbocycles. The largest absolute Gasteiger partial charge is 0.235 e. The molecule has 0 saturated heterocycles. The van der Waals surface area contributed by atoms with E-state index in [1.165, 1.54) is 17.8 Å². The Morgan fingerprint density at radius 1 is 1.60 bits per heavy atom. The van der Waals surface area contributed by atoms with Crippen molar-refractivity contribution in [2.24, 2.45) is 5.14 Å². The zero-order valence-corrected chi connectivity index (χ0v) is 6.78. The molecule has 1 heterocycles. The number of primary sulfonamides is 1. The van der Waals surface area contributed by atoms with Crippen molar-refractivity contribution in [3.8, 4) is 0 Å². The van der Waals surface area contributed by atoms with Gasteiger partial charge in [0.2, 0.25) is 10.0 Å². The molecule has 56 valence electrons. The van der Waals surface area contributed by atoms with Crippen LogP contribution in [0.3, 0.4) is 0 Å². The zero-order valence-electron chi connectivity index (χ0n) is 5.15. The van der Waals surface area contributed by atoms with Crippen molar-refractivity contribution in [1.29, 1.82) is 0 Å². The molecule has 5 heteroatoms. The van der Waals surface area contributed by atoms with Gasteiger partial charge in [-0.2, -0.15) is 0 Å². The number of sulfonamides is 1. The zero-order chi connectivity index (χ0) is 7.61. The van der Waals surface area contributed by atoms with Crippen molar-refractivity contribution in [2.75, 3.05) is 5.75 Å². The van der Waals surface area contributed by atoms with Crippen LogP contribution in [0.5, 0.6) is 0 Å². The van der Waals surface area contributed by atoms with Crippen LogP contribution in [0.25, 0.3) is 0 Å². The number of thioether (sulfide) groups is 1. The smallest absolute Gasteiger partial charge is 0.225 e. The number of hydrogen-bond acceptors (Lipinski definition) is 3. The Morgan fingerprint density at radius 2 is 2.30 bits per heavy atom. The van der Waals surface area contributed by atoms with Gasteiger partial charge in [-0.3, -0.25) is 0 Å². The highest BCUT2D eigenvalue weighted by molar-refractivity contribution is 8.04. The summed E-state index contributed by atoms with van der Waals surface area (Å²) in [5.74, 6) is 0.454. The van der Waals surface area contributed by atoms with E-state index >= 15 is 0 Å². The molecule has 0 atom stereocenters. The minimum Gasteiger partial charge on any atom is -0.225 e. The topological polar surface area (TPSA) is 60.2 Å². The highest BCUT2D eigenvalue weighted by Crippen LogP contribution is 2.17. The van der Waals surface area contributed by atoms with Crippen LogP contribution in [0.15, 0.2) is 22.5 Å². The average molecular weight is 177 g/mol. The van der Waals surface area contributed by atoms with Crippen LogP contribution in [-0.4, -0.2) is 14.2 Å². The molecule has 0 fully saturated rings. The van der Waals surface area contributed by atoms with E-state index in [4.69, 9.17) is 5.14 Å². The van der Waals surface area contributed by atoms with E-state index in [-0.39, 0.29) is 0 Å². The van der Waals surface area contributed by atoms with E-state index in [1.807, 2.05) is 5.41 Å². The molecule has 2 N–H and O–H groups in total. The Morgan fingerprint density at radius 3 is 2.60 bits per heavy atom. The highest BCUT2D eigenvalue weighted by Gasteiger charge is 2.11. The van der Waals surface area contributed by atoms with E-state index in [0.717, 1.165) is 0 Å². The molecule has 0 aromatic heterocycles. The fourth-order valence-electron chi connectivity index (χ4n) is 0.557. The lowest BCUT2D eigenvalue weighted by atomic mass is 10.5. The summed E-state index contributed by atoms with van der Waals surface area (Å²) in [5, 5.41) is 6.69. The molecular formula is C5H7NO2S2. The Balaban J connectivity index is 2.93. The Kier molecular flexibility index (Phi) is 2.18. The van der Waals surface area contributed by atoms with E-state index in [9.17, 15) is 8.42 Å². The quantitative estimate of drug-likeness (QED) is 0.631. The molecule has 1 aliphatic rings. The summed E-state index contributed by atoms with van der Waals surface area (Å²) in [6.07, 6.45) is 3.19. The van der Waals surface area contributed by atoms with Gasteiger partial charge >= 0.3 is 0 Å². The van der Waals surface area contributed by atoms with E-state index < -0.39 is 10.0 Å². The van der Waals surface area contributed by atoms with Gasteiger partial charge in [-0.25, -0.2) is 13.6 Å². The molecule has 0 bridgehead atoms. The molecule has 3 nitrogen and oxygen atoms in total. The monoisotopic (exact) mass is 177 g/mol. The molecule has 1 aliphatic heterocycles. The number of hydrogen-bond donors (Lipinski definition) is 1. The van der Waals surface area contributed by atoms with Gasteiger partial charge in [0, 0.05) is 5.75 Å². The third-order valence-electron chi connectivity index (χ3n) is 1.05. The van der Waals surface area contributed by atoms with Crippen LogP contribution >= 0.6 is 11.8 Å². The van der Waals surface area contributed by atoms with Crippen LogP contribution in [-0.2, 0) is 10.0 Å². The lowest BCUT2D eigenvalue weighted by molar-refractivity contribution is 0.604. The van der Waals surface area contributed by atoms with Crippen LogP contribution in [0.1, 0.15) is 0 Å². The standard InChI is InChI=1S/C5H7NO2S2/c6-10(7,8)5-2-1-3-9-4-5/h1-3H,4H2,(H2,6,7,8). The molecule has 0 aromatic carbocycles. The Bertz CT molecular complexity index is 276. The summed E-state index contributed by atoms with van der Waals surface area (Å²) < 4.78 is 21.3. The van der Waals surface area contributed by atoms with Gasteiger partial charge < -0.3 is 0 Å². The lowest BCUT2D eigenvalue weighted by Crippen LogP contribution is -2.16. The van der Waals surface area contributed by atoms with Crippen LogP contribution < -0.4 is 5.14 Å². The maximum absolute atomic E-state index is 10.6. The number of rotatable bonds is 1. The second-order valence-electron chi connectivity index (χ2n) is 1.82. The minimum atomic E-state index is -3.44. The van der Waals surface area contributed by atoms with Gasteiger partial charge in [-0.1, -0.05) is 6.08 Å². The molecule has 0 saturated carbocycles. The minimum absolute atomic E-state index is 0.292. The third-order valence-corrected chi connectivity index (χ3v) is 3.07. The normalized spacial score (nSPS) is 18.7. The molecule has 0 spiro atoms. The third kappa shape index (κ3) is 1.86. The molecule has 1 rings (SSSR count). The first-order chi connectivity index (χ1) is 4.61. The van der Waals surface area contributed by atoms with Gasteiger partial charge in [0.25, 0.3) is 0 Å². The van der Waals surface area contributed by atoms with Crippen molar-refractivity contribution < 1.29 is 8.42 Å². The summed E-state index contributed by atoms with van der Waals surface area (Å²) in [5.41, 5.74) is 0. The first-order valence-corrected chi connectivity index (χ1v) is 5.20. The molecule has 0 radical (unpaired) electrons. The van der Waals surface area contributed by atoms with E-state index in [1.54, 1.807) is 6.08 Å². The van der Waals surface area contributed by atoms with Crippen LogP contribution in [0.2, 0.25) is 0 Å². The van der Waals surface area contributed by atoms with Gasteiger partial charge in [0.15, 0.2) is 0 Å². The SMILES string of the molecule is NS(=O)(=O)C1=CC=CSC1. The summed E-state index contributed by atoms with van der Waals surface area (Å²) in [4.78, 5) is 0.292. The first kappa shape index (κ1) is 7.84. The number of nitrogens with two attached hydrogens (primary N) is 1. The van der Waals surface area contributed by atoms with Gasteiger partial charge in [0.1, 0.15) is 0 Å². The first-order valence-electron chi connectivity index (χ1n) is 2.61. The summed E-state index contributed by atoms with van der Waals surface area (Å²) in [6, 6.07) is 0. The maximum Gasteiger partial charge on any atom is 0.235 e. The maximum atomic E-state index is 10.6. The Labute approximate surface area is 64.0 Å². The molecule has 0 aromatic rings. The van der Waals surface area contributed by atoms with Crippen molar-refractivity contribution in [2.45, 2.75) is 0 Å². The molecule has 0 amide bonds. The fraction of sp³-hybridized carbons (Fsp3) is 0.200. The second kappa shape index (κ2) is 2.77. The van der Waals surface area contributed by atoms with Crippen molar-refractivity contribution >= 4 is 21.8 Å². The second-order valence-corrected chi connectivity index (χ2v) is 4.33. The van der Waals surface area contributed by atoms with Crippen molar-refractivity contribution in [3.63, 3.8) is 0 Å².